The van der Waals surface area contributed by atoms with E-state index in [1.165, 1.54) is 35.2 Å². The molecule has 0 spiro atoms. The van der Waals surface area contributed by atoms with Crippen LogP contribution in [0.2, 0.25) is 5.15 Å². The molecule has 0 radical (unpaired) electrons. The maximum absolute atomic E-state index is 13.6. The van der Waals surface area contributed by atoms with Crippen molar-refractivity contribution in [1.82, 2.24) is 23.9 Å². The van der Waals surface area contributed by atoms with Gasteiger partial charge in [-0.3, -0.25) is 23.6 Å². The maximum Gasteiger partial charge on any atom is 0.410 e. The molecule has 13 heteroatoms. The molecule has 2 saturated heterocycles. The number of halogens is 2. The van der Waals surface area contributed by atoms with Gasteiger partial charge in [-0.05, 0) is 88.6 Å². The highest BCUT2D eigenvalue weighted by molar-refractivity contribution is 6.31. The monoisotopic (exact) mass is 679 g/mol. The number of hydrogen-bond acceptors (Lipinski definition) is 7. The summed E-state index contributed by atoms with van der Waals surface area (Å²) in [4.78, 5) is 47.4. The molecule has 11 nitrogen and oxygen atoms in total. The van der Waals surface area contributed by atoms with E-state index in [2.05, 4.69) is 4.98 Å². The third kappa shape index (κ3) is 6.96. The minimum absolute atomic E-state index is 0.00106. The molecular formula is C35H39ClFN5O6. The smallest absolute Gasteiger partial charge is 0.410 e. The van der Waals surface area contributed by atoms with Crippen LogP contribution in [0.4, 0.5) is 9.18 Å². The molecule has 0 saturated carbocycles. The van der Waals surface area contributed by atoms with Gasteiger partial charge >= 0.3 is 6.09 Å². The Morgan fingerprint density at radius 1 is 1.10 bits per heavy atom. The Morgan fingerprint density at radius 2 is 1.77 bits per heavy atom. The number of carbonyl (C=O) groups excluding carboxylic acids is 2. The zero-order chi connectivity index (χ0) is 34.4. The van der Waals surface area contributed by atoms with Gasteiger partial charge in [0.05, 0.1) is 42.8 Å². The second-order valence-corrected chi connectivity index (χ2v) is 14.0. The Morgan fingerprint density at radius 3 is 2.42 bits per heavy atom. The SMILES string of the molecule is C[C@@H]1CN(C(=O)OC(C)(C)C)[C@@H](c2ccc(-n3c(Cl)cc4c(=O)n(CC5(O)CCN(C(=O)c6ccc(F)cc6)CC5)cnc43)cc2)CO1. The molecule has 6 rings (SSSR count). The van der Waals surface area contributed by atoms with Crippen molar-refractivity contribution in [2.45, 2.75) is 70.4 Å². The first-order valence-electron chi connectivity index (χ1n) is 16.0. The summed E-state index contributed by atoms with van der Waals surface area (Å²) in [5.74, 6) is -0.651. The van der Waals surface area contributed by atoms with Gasteiger partial charge in [-0.2, -0.15) is 0 Å². The molecule has 2 atom stereocenters. The van der Waals surface area contributed by atoms with Crippen molar-refractivity contribution in [3.05, 3.63) is 93.4 Å². The van der Waals surface area contributed by atoms with E-state index in [0.29, 0.717) is 35.4 Å². The highest BCUT2D eigenvalue weighted by atomic mass is 35.5. The average molecular weight is 680 g/mol. The van der Waals surface area contributed by atoms with E-state index in [1.807, 2.05) is 52.0 Å². The molecule has 0 unspecified atom stereocenters. The van der Waals surface area contributed by atoms with E-state index >= 15 is 0 Å². The molecule has 4 heterocycles. The van der Waals surface area contributed by atoms with Gasteiger partial charge in [0.25, 0.3) is 11.5 Å². The third-order valence-electron chi connectivity index (χ3n) is 8.81. The number of aliphatic hydroxyl groups is 1. The van der Waals surface area contributed by atoms with Gasteiger partial charge in [0.2, 0.25) is 0 Å². The van der Waals surface area contributed by atoms with Crippen LogP contribution >= 0.6 is 11.6 Å². The second-order valence-electron chi connectivity index (χ2n) is 13.6. The van der Waals surface area contributed by atoms with E-state index in [-0.39, 0.29) is 61.2 Å². The minimum atomic E-state index is -1.23. The zero-order valence-corrected chi connectivity index (χ0v) is 28.1. The summed E-state index contributed by atoms with van der Waals surface area (Å²) >= 11 is 6.66. The van der Waals surface area contributed by atoms with Crippen LogP contribution in [-0.4, -0.2) is 84.6 Å². The molecular weight excluding hydrogens is 641 g/mol. The Kier molecular flexibility index (Phi) is 9.10. The third-order valence-corrected chi connectivity index (χ3v) is 9.09. The Balaban J connectivity index is 1.18. The predicted octanol–water partition coefficient (Wildman–Crippen LogP) is 5.34. The number of hydrogen-bond donors (Lipinski definition) is 1. The Labute approximate surface area is 282 Å². The number of amides is 2. The summed E-state index contributed by atoms with van der Waals surface area (Å²) in [6, 6.07) is 14.1. The van der Waals surface area contributed by atoms with E-state index in [9.17, 15) is 23.9 Å². The minimum Gasteiger partial charge on any atom is -0.444 e. The number of nitrogens with zero attached hydrogens (tertiary/aromatic N) is 5. The molecule has 2 aliphatic heterocycles. The van der Waals surface area contributed by atoms with Crippen LogP contribution in [0.3, 0.4) is 0 Å². The van der Waals surface area contributed by atoms with Crippen LogP contribution in [0.5, 0.6) is 0 Å². The van der Waals surface area contributed by atoms with Gasteiger partial charge in [0.15, 0.2) is 5.65 Å². The number of carbonyl (C=O) groups is 2. The van der Waals surface area contributed by atoms with E-state index in [1.54, 1.807) is 20.4 Å². The lowest BCUT2D eigenvalue weighted by atomic mass is 9.91. The second kappa shape index (κ2) is 13.0. The van der Waals surface area contributed by atoms with E-state index in [4.69, 9.17) is 21.1 Å². The fraction of sp³-hybridized carbons (Fsp3) is 0.429. The molecule has 0 aliphatic carbocycles. The first kappa shape index (κ1) is 33.6. The number of ether oxygens (including phenoxy) is 2. The highest BCUT2D eigenvalue weighted by Crippen LogP contribution is 2.31. The lowest BCUT2D eigenvalue weighted by Crippen LogP contribution is -2.49. The molecule has 48 heavy (non-hydrogen) atoms. The van der Waals surface area contributed by atoms with Gasteiger partial charge in [0.1, 0.15) is 22.9 Å². The summed E-state index contributed by atoms with van der Waals surface area (Å²) in [5.41, 5.74) is 0.0704. The standard InChI is InChI=1S/C35H39ClFN5O6/c1-22-18-41(33(45)48-34(2,3)4)28(19-47-22)23-7-11-26(12-8-23)42-29(36)17-27-30(42)38-21-40(32(27)44)20-35(46)13-15-39(16-14-35)31(43)24-5-9-25(37)10-6-24/h5-12,17,21-22,28,46H,13-16,18-20H2,1-4H3/t22-,28-/m1/s1. The summed E-state index contributed by atoms with van der Waals surface area (Å²) < 4.78 is 27.9. The van der Waals surface area contributed by atoms with Crippen molar-refractivity contribution in [3.63, 3.8) is 0 Å². The van der Waals surface area contributed by atoms with Crippen LogP contribution in [0.1, 0.15) is 62.5 Å². The van der Waals surface area contributed by atoms with Crippen molar-refractivity contribution in [2.24, 2.45) is 0 Å². The lowest BCUT2D eigenvalue weighted by Gasteiger charge is -2.39. The van der Waals surface area contributed by atoms with Gasteiger partial charge in [0, 0.05) is 24.3 Å². The number of aromatic nitrogens is 3. The van der Waals surface area contributed by atoms with Crippen molar-refractivity contribution in [3.8, 4) is 5.69 Å². The number of piperidine rings is 1. The lowest BCUT2D eigenvalue weighted by molar-refractivity contribution is -0.0644. The van der Waals surface area contributed by atoms with Crippen molar-refractivity contribution in [1.29, 1.82) is 0 Å². The number of fused-ring (bicyclic) bond motifs is 1. The largest absolute Gasteiger partial charge is 0.444 e. The molecule has 2 fully saturated rings. The zero-order valence-electron chi connectivity index (χ0n) is 27.4. The van der Waals surface area contributed by atoms with Gasteiger partial charge < -0.3 is 19.5 Å². The predicted molar refractivity (Wildman–Crippen MR) is 178 cm³/mol. The van der Waals surface area contributed by atoms with Gasteiger partial charge in [-0.25, -0.2) is 14.2 Å². The van der Waals surface area contributed by atoms with Crippen molar-refractivity contribution >= 4 is 34.6 Å². The van der Waals surface area contributed by atoms with Gasteiger partial charge in [-0.15, -0.1) is 0 Å². The molecule has 0 bridgehead atoms. The van der Waals surface area contributed by atoms with Crippen LogP contribution in [-0.2, 0) is 16.0 Å². The normalized spacial score (nSPS) is 19.8. The molecule has 2 aliphatic rings. The van der Waals surface area contributed by atoms with Crippen molar-refractivity contribution < 1.29 is 28.6 Å². The number of morpholine rings is 1. The Hall–Kier alpha value is -4.26. The van der Waals surface area contributed by atoms with Crippen LogP contribution in [0, 0.1) is 5.82 Å². The summed E-state index contributed by atoms with van der Waals surface area (Å²) in [6.07, 6.45) is 1.39. The summed E-state index contributed by atoms with van der Waals surface area (Å²) in [5, 5.41) is 12.0. The van der Waals surface area contributed by atoms with Crippen molar-refractivity contribution in [2.75, 3.05) is 26.2 Å². The quantitative estimate of drug-likeness (QED) is 0.302. The highest BCUT2D eigenvalue weighted by Gasteiger charge is 2.36. The van der Waals surface area contributed by atoms with Crippen LogP contribution in [0.25, 0.3) is 16.7 Å². The molecule has 1 N–H and O–H groups in total. The number of likely N-dealkylation sites (tertiary alicyclic amines) is 1. The molecule has 254 valence electrons. The Bertz CT molecular complexity index is 1880. The van der Waals surface area contributed by atoms with Gasteiger partial charge in [-0.1, -0.05) is 23.7 Å². The molecule has 2 aromatic heterocycles. The fourth-order valence-electron chi connectivity index (χ4n) is 6.27. The van der Waals surface area contributed by atoms with E-state index in [0.717, 1.165) is 5.56 Å². The average Bonchev–Trinajstić information content (AvgIpc) is 3.38. The van der Waals surface area contributed by atoms with E-state index < -0.39 is 23.1 Å². The number of rotatable bonds is 5. The van der Waals surface area contributed by atoms with Crippen LogP contribution < -0.4 is 5.56 Å². The van der Waals surface area contributed by atoms with Crippen LogP contribution in [0.15, 0.2) is 65.7 Å². The fourth-order valence-corrected chi connectivity index (χ4v) is 6.55. The first-order chi connectivity index (χ1) is 22.7. The molecule has 2 amide bonds. The molecule has 2 aromatic carbocycles. The first-order valence-corrected chi connectivity index (χ1v) is 16.3. The summed E-state index contributed by atoms with van der Waals surface area (Å²) in [6.45, 7) is 8.71. The molecule has 4 aromatic rings. The summed E-state index contributed by atoms with van der Waals surface area (Å²) in [7, 11) is 0. The number of benzene rings is 2. The topological polar surface area (TPSA) is 119 Å². The maximum atomic E-state index is 13.6.